The summed E-state index contributed by atoms with van der Waals surface area (Å²) in [6.07, 6.45) is 10.3. The molecule has 0 spiro atoms. The van der Waals surface area contributed by atoms with Crippen molar-refractivity contribution in [1.29, 1.82) is 0 Å². The van der Waals surface area contributed by atoms with Crippen molar-refractivity contribution in [3.05, 3.63) is 24.3 Å². The molecule has 2 unspecified atom stereocenters. The molecule has 0 aromatic carbocycles. The van der Waals surface area contributed by atoms with Crippen LogP contribution in [0.5, 0.6) is 0 Å². The number of allylic oxidation sites excluding steroid dienone is 4. The Hall–Kier alpha value is -0.560. The molecule has 0 rings (SSSR count). The molecule has 0 aromatic heterocycles. The van der Waals surface area contributed by atoms with Crippen LogP contribution in [0.2, 0.25) is 0 Å². The third-order valence-corrected chi connectivity index (χ3v) is 2.45. The van der Waals surface area contributed by atoms with Gasteiger partial charge in [-0.3, -0.25) is 0 Å². The van der Waals surface area contributed by atoms with E-state index in [0.29, 0.717) is 11.8 Å². The standard InChI is InChI=1S/C13H24O/c1-5-6-7-8-9-10-12(4)13(14)11(2)3/h5-6,8-9,11-14H,7,10H2,1-4H3/b6-5+,9-8+. The lowest BCUT2D eigenvalue weighted by Crippen LogP contribution is -2.23. The monoisotopic (exact) mass is 196 g/mol. The molecule has 0 saturated heterocycles. The zero-order valence-electron chi connectivity index (χ0n) is 9.90. The van der Waals surface area contributed by atoms with Crippen LogP contribution in [0.4, 0.5) is 0 Å². The lowest BCUT2D eigenvalue weighted by Gasteiger charge is -2.20. The Balaban J connectivity index is 3.72. The molecular formula is C13H24O. The van der Waals surface area contributed by atoms with Crippen LogP contribution >= 0.6 is 0 Å². The minimum Gasteiger partial charge on any atom is -0.393 e. The molecule has 1 N–H and O–H groups in total. The third kappa shape index (κ3) is 5.98. The molecule has 0 bridgehead atoms. The summed E-state index contributed by atoms with van der Waals surface area (Å²) in [7, 11) is 0. The minimum absolute atomic E-state index is 0.179. The van der Waals surface area contributed by atoms with Crippen molar-refractivity contribution in [3.8, 4) is 0 Å². The molecule has 1 heteroatoms. The summed E-state index contributed by atoms with van der Waals surface area (Å²) in [4.78, 5) is 0. The van der Waals surface area contributed by atoms with Gasteiger partial charge in [0.2, 0.25) is 0 Å². The first-order valence-electron chi connectivity index (χ1n) is 5.53. The molecule has 0 heterocycles. The van der Waals surface area contributed by atoms with Gasteiger partial charge in [0, 0.05) is 0 Å². The van der Waals surface area contributed by atoms with Crippen molar-refractivity contribution in [2.75, 3.05) is 0 Å². The van der Waals surface area contributed by atoms with Crippen LogP contribution in [0.15, 0.2) is 24.3 Å². The molecule has 0 amide bonds. The number of hydrogen-bond donors (Lipinski definition) is 1. The molecule has 14 heavy (non-hydrogen) atoms. The molecule has 0 radical (unpaired) electrons. The third-order valence-electron chi connectivity index (χ3n) is 2.45. The van der Waals surface area contributed by atoms with E-state index in [4.69, 9.17) is 0 Å². The maximum atomic E-state index is 9.75. The van der Waals surface area contributed by atoms with Crippen LogP contribution in [-0.4, -0.2) is 11.2 Å². The van der Waals surface area contributed by atoms with E-state index in [-0.39, 0.29) is 6.10 Å². The number of aliphatic hydroxyl groups excluding tert-OH is 1. The Labute approximate surface area is 88.5 Å². The highest BCUT2D eigenvalue weighted by atomic mass is 16.3. The van der Waals surface area contributed by atoms with Gasteiger partial charge in [0.25, 0.3) is 0 Å². The van der Waals surface area contributed by atoms with Crippen molar-refractivity contribution >= 4 is 0 Å². The summed E-state index contributed by atoms with van der Waals surface area (Å²) in [5.74, 6) is 0.714. The maximum Gasteiger partial charge on any atom is 0.0591 e. The van der Waals surface area contributed by atoms with Gasteiger partial charge in [0.05, 0.1) is 6.10 Å². The second kappa shape index (κ2) is 7.81. The molecule has 0 aromatic rings. The smallest absolute Gasteiger partial charge is 0.0591 e. The van der Waals surface area contributed by atoms with Crippen LogP contribution in [0, 0.1) is 11.8 Å². The van der Waals surface area contributed by atoms with E-state index in [2.05, 4.69) is 45.1 Å². The van der Waals surface area contributed by atoms with Crippen molar-refractivity contribution in [1.82, 2.24) is 0 Å². The van der Waals surface area contributed by atoms with Gasteiger partial charge in [-0.15, -0.1) is 0 Å². The van der Waals surface area contributed by atoms with Gasteiger partial charge in [-0.05, 0) is 31.6 Å². The molecule has 0 aliphatic heterocycles. The van der Waals surface area contributed by atoms with Crippen LogP contribution in [-0.2, 0) is 0 Å². The van der Waals surface area contributed by atoms with E-state index < -0.39 is 0 Å². The molecule has 1 nitrogen and oxygen atoms in total. The van der Waals surface area contributed by atoms with Crippen molar-refractivity contribution in [2.45, 2.75) is 46.6 Å². The molecular weight excluding hydrogens is 172 g/mol. The van der Waals surface area contributed by atoms with E-state index in [1.807, 2.05) is 6.92 Å². The molecule has 0 aliphatic carbocycles. The Kier molecular flexibility index (Phi) is 7.50. The first-order valence-corrected chi connectivity index (χ1v) is 5.53. The van der Waals surface area contributed by atoms with Gasteiger partial charge < -0.3 is 5.11 Å². The zero-order valence-corrected chi connectivity index (χ0v) is 9.90. The van der Waals surface area contributed by atoms with Gasteiger partial charge in [-0.25, -0.2) is 0 Å². The summed E-state index contributed by atoms with van der Waals surface area (Å²) in [6, 6.07) is 0. The highest BCUT2D eigenvalue weighted by Gasteiger charge is 2.15. The Morgan fingerprint density at radius 1 is 1.07 bits per heavy atom. The fraction of sp³-hybridized carbons (Fsp3) is 0.692. The second-order valence-electron chi connectivity index (χ2n) is 4.22. The van der Waals surface area contributed by atoms with Crippen LogP contribution in [0.1, 0.15) is 40.5 Å². The quantitative estimate of drug-likeness (QED) is 0.644. The van der Waals surface area contributed by atoms with Crippen molar-refractivity contribution in [3.63, 3.8) is 0 Å². The predicted octanol–water partition coefficient (Wildman–Crippen LogP) is 3.55. The zero-order chi connectivity index (χ0) is 11.0. The molecule has 0 fully saturated rings. The largest absolute Gasteiger partial charge is 0.393 e. The summed E-state index contributed by atoms with van der Waals surface area (Å²) >= 11 is 0. The topological polar surface area (TPSA) is 20.2 Å². The fourth-order valence-corrected chi connectivity index (χ4v) is 1.42. The van der Waals surface area contributed by atoms with Crippen LogP contribution in [0.25, 0.3) is 0 Å². The van der Waals surface area contributed by atoms with Crippen LogP contribution in [0.3, 0.4) is 0 Å². The highest BCUT2D eigenvalue weighted by Crippen LogP contribution is 2.16. The maximum absolute atomic E-state index is 9.75. The van der Waals surface area contributed by atoms with E-state index in [1.165, 1.54) is 0 Å². The SMILES string of the molecule is C/C=C/C/C=C/CC(C)C(O)C(C)C. The lowest BCUT2D eigenvalue weighted by molar-refractivity contribution is 0.0735. The average molecular weight is 196 g/mol. The first-order chi connectivity index (χ1) is 6.59. The Morgan fingerprint density at radius 2 is 1.71 bits per heavy atom. The normalized spacial score (nSPS) is 17.0. The van der Waals surface area contributed by atoms with Gasteiger partial charge in [-0.1, -0.05) is 45.1 Å². The van der Waals surface area contributed by atoms with Gasteiger partial charge in [-0.2, -0.15) is 0 Å². The minimum atomic E-state index is -0.179. The van der Waals surface area contributed by atoms with Crippen molar-refractivity contribution < 1.29 is 5.11 Å². The molecule has 0 saturated carbocycles. The highest BCUT2D eigenvalue weighted by molar-refractivity contribution is 4.92. The summed E-state index contributed by atoms with van der Waals surface area (Å²) < 4.78 is 0. The van der Waals surface area contributed by atoms with Gasteiger partial charge >= 0.3 is 0 Å². The van der Waals surface area contributed by atoms with Gasteiger partial charge in [0.1, 0.15) is 0 Å². The summed E-state index contributed by atoms with van der Waals surface area (Å²) in [5.41, 5.74) is 0. The van der Waals surface area contributed by atoms with Gasteiger partial charge in [0.15, 0.2) is 0 Å². The predicted molar refractivity (Wildman–Crippen MR) is 63.2 cm³/mol. The Morgan fingerprint density at radius 3 is 2.21 bits per heavy atom. The van der Waals surface area contributed by atoms with E-state index in [9.17, 15) is 5.11 Å². The van der Waals surface area contributed by atoms with E-state index in [0.717, 1.165) is 12.8 Å². The average Bonchev–Trinajstić information content (AvgIpc) is 2.16. The van der Waals surface area contributed by atoms with E-state index >= 15 is 0 Å². The number of rotatable bonds is 6. The number of aliphatic hydroxyl groups is 1. The summed E-state index contributed by atoms with van der Waals surface area (Å²) in [6.45, 7) is 8.25. The Bertz CT molecular complexity index is 180. The second-order valence-corrected chi connectivity index (χ2v) is 4.22. The number of hydrogen-bond acceptors (Lipinski definition) is 1. The molecule has 2 atom stereocenters. The van der Waals surface area contributed by atoms with E-state index in [1.54, 1.807) is 0 Å². The van der Waals surface area contributed by atoms with Crippen molar-refractivity contribution in [2.24, 2.45) is 11.8 Å². The molecule has 82 valence electrons. The van der Waals surface area contributed by atoms with Crippen LogP contribution < -0.4 is 0 Å². The first kappa shape index (κ1) is 13.4. The lowest BCUT2D eigenvalue weighted by atomic mass is 9.92. The summed E-state index contributed by atoms with van der Waals surface area (Å²) in [5, 5.41) is 9.75. The fourth-order valence-electron chi connectivity index (χ4n) is 1.42. The molecule has 0 aliphatic rings.